The summed E-state index contributed by atoms with van der Waals surface area (Å²) >= 11 is 0. The summed E-state index contributed by atoms with van der Waals surface area (Å²) < 4.78 is 16.3. The van der Waals surface area contributed by atoms with Gasteiger partial charge < -0.3 is 19.9 Å². The Morgan fingerprint density at radius 2 is 1.60 bits per heavy atom. The van der Waals surface area contributed by atoms with Crippen molar-refractivity contribution in [2.24, 2.45) is 0 Å². The summed E-state index contributed by atoms with van der Waals surface area (Å²) in [5.74, 6) is 1.61. The van der Waals surface area contributed by atoms with Crippen LogP contribution in [0.1, 0.15) is 5.56 Å². The van der Waals surface area contributed by atoms with E-state index >= 15 is 0 Å². The molecular weight excluding hydrogens is 254 g/mol. The molecule has 0 spiro atoms. The molecule has 4 nitrogen and oxygen atoms in total. The second kappa shape index (κ2) is 7.40. The van der Waals surface area contributed by atoms with E-state index in [1.165, 1.54) is 0 Å². The van der Waals surface area contributed by atoms with Crippen LogP contribution >= 0.6 is 0 Å². The fourth-order valence-corrected chi connectivity index (χ4v) is 1.77. The lowest BCUT2D eigenvalue weighted by Crippen LogP contribution is -2.09. The van der Waals surface area contributed by atoms with E-state index < -0.39 is 0 Å². The predicted octanol–water partition coefficient (Wildman–Crippen LogP) is 2.87. The summed E-state index contributed by atoms with van der Waals surface area (Å²) in [5.41, 5.74) is 7.42. The van der Waals surface area contributed by atoms with Gasteiger partial charge in [0.05, 0.1) is 6.61 Å². The van der Waals surface area contributed by atoms with Gasteiger partial charge >= 0.3 is 0 Å². The minimum Gasteiger partial charge on any atom is -0.490 e. The highest BCUT2D eigenvalue weighted by molar-refractivity contribution is 5.41. The molecule has 0 aliphatic rings. The molecule has 2 N–H and O–H groups in total. The Morgan fingerprint density at radius 3 is 2.30 bits per heavy atom. The molecule has 0 saturated heterocycles. The maximum Gasteiger partial charge on any atom is 0.122 e. The van der Waals surface area contributed by atoms with Crippen LogP contribution in [0.25, 0.3) is 0 Å². The molecule has 0 saturated carbocycles. The van der Waals surface area contributed by atoms with E-state index in [2.05, 4.69) is 0 Å². The third kappa shape index (κ3) is 4.48. The maximum absolute atomic E-state index is 5.63. The summed E-state index contributed by atoms with van der Waals surface area (Å²) in [6, 6.07) is 15.1. The number of benzene rings is 2. The van der Waals surface area contributed by atoms with Crippen molar-refractivity contribution in [3.8, 4) is 11.5 Å². The summed E-state index contributed by atoms with van der Waals surface area (Å²) in [4.78, 5) is 0. The summed E-state index contributed by atoms with van der Waals surface area (Å²) in [6.45, 7) is 1.55. The first-order chi connectivity index (χ1) is 9.78. The van der Waals surface area contributed by atoms with Gasteiger partial charge in [-0.05, 0) is 42.0 Å². The van der Waals surface area contributed by atoms with E-state index in [4.69, 9.17) is 19.9 Å². The molecule has 0 amide bonds. The minimum atomic E-state index is 0.485. The molecule has 4 heteroatoms. The van der Waals surface area contributed by atoms with E-state index in [0.717, 1.165) is 22.7 Å². The van der Waals surface area contributed by atoms with Crippen molar-refractivity contribution >= 4 is 5.69 Å². The highest BCUT2D eigenvalue weighted by Crippen LogP contribution is 2.15. The summed E-state index contributed by atoms with van der Waals surface area (Å²) in [5, 5.41) is 0. The Hall–Kier alpha value is -2.20. The molecule has 2 rings (SSSR count). The lowest BCUT2D eigenvalue weighted by molar-refractivity contribution is 0.184. The number of hydrogen-bond acceptors (Lipinski definition) is 4. The molecule has 0 aliphatic heterocycles. The Morgan fingerprint density at radius 1 is 0.900 bits per heavy atom. The Balaban J connectivity index is 1.75. The van der Waals surface area contributed by atoms with Gasteiger partial charge in [0.25, 0.3) is 0 Å². The Kier molecular flexibility index (Phi) is 5.26. The maximum atomic E-state index is 5.63. The van der Waals surface area contributed by atoms with Crippen LogP contribution < -0.4 is 15.2 Å². The fraction of sp³-hybridized carbons (Fsp3) is 0.250. The first-order valence-electron chi connectivity index (χ1n) is 6.47. The zero-order valence-corrected chi connectivity index (χ0v) is 11.5. The minimum absolute atomic E-state index is 0.485. The van der Waals surface area contributed by atoms with Crippen molar-refractivity contribution in [1.29, 1.82) is 0 Å². The SMILES string of the molecule is COCc1cccc(OCCOc2ccc(N)cc2)c1. The molecule has 0 bridgehead atoms. The van der Waals surface area contributed by atoms with Crippen molar-refractivity contribution in [2.75, 3.05) is 26.1 Å². The first kappa shape index (κ1) is 14.2. The summed E-state index contributed by atoms with van der Waals surface area (Å²) in [6.07, 6.45) is 0. The predicted molar refractivity (Wildman–Crippen MR) is 79.0 cm³/mol. The molecule has 0 heterocycles. The van der Waals surface area contributed by atoms with Gasteiger partial charge in [0, 0.05) is 12.8 Å². The van der Waals surface area contributed by atoms with Gasteiger partial charge in [0.1, 0.15) is 24.7 Å². The van der Waals surface area contributed by atoms with Crippen LogP contribution in [0.3, 0.4) is 0 Å². The molecule has 106 valence electrons. The van der Waals surface area contributed by atoms with E-state index in [0.29, 0.717) is 19.8 Å². The molecule has 2 aromatic carbocycles. The first-order valence-corrected chi connectivity index (χ1v) is 6.47. The van der Waals surface area contributed by atoms with Crippen LogP contribution in [0, 0.1) is 0 Å². The fourth-order valence-electron chi connectivity index (χ4n) is 1.77. The number of anilines is 1. The van der Waals surface area contributed by atoms with Crippen molar-refractivity contribution < 1.29 is 14.2 Å². The van der Waals surface area contributed by atoms with Crippen LogP contribution in [0.15, 0.2) is 48.5 Å². The Labute approximate surface area is 119 Å². The zero-order valence-electron chi connectivity index (χ0n) is 11.5. The number of rotatable bonds is 7. The van der Waals surface area contributed by atoms with E-state index in [-0.39, 0.29) is 0 Å². The topological polar surface area (TPSA) is 53.7 Å². The average Bonchev–Trinajstić information content (AvgIpc) is 2.46. The molecule has 0 atom stereocenters. The highest BCUT2D eigenvalue weighted by atomic mass is 16.5. The molecule has 0 unspecified atom stereocenters. The van der Waals surface area contributed by atoms with E-state index in [1.54, 1.807) is 7.11 Å². The van der Waals surface area contributed by atoms with Crippen LogP contribution in [0.2, 0.25) is 0 Å². The van der Waals surface area contributed by atoms with Crippen LogP contribution in [-0.2, 0) is 11.3 Å². The monoisotopic (exact) mass is 273 g/mol. The second-order valence-electron chi connectivity index (χ2n) is 4.35. The van der Waals surface area contributed by atoms with Gasteiger partial charge in [-0.3, -0.25) is 0 Å². The van der Waals surface area contributed by atoms with Crippen molar-refractivity contribution in [3.05, 3.63) is 54.1 Å². The molecule has 0 fully saturated rings. The average molecular weight is 273 g/mol. The van der Waals surface area contributed by atoms with Gasteiger partial charge in [-0.1, -0.05) is 12.1 Å². The molecule has 0 aromatic heterocycles. The second-order valence-corrected chi connectivity index (χ2v) is 4.35. The van der Waals surface area contributed by atoms with E-state index in [9.17, 15) is 0 Å². The van der Waals surface area contributed by atoms with Crippen molar-refractivity contribution in [2.45, 2.75) is 6.61 Å². The van der Waals surface area contributed by atoms with E-state index in [1.807, 2.05) is 48.5 Å². The lowest BCUT2D eigenvalue weighted by Gasteiger charge is -2.09. The Bertz CT molecular complexity index is 526. The van der Waals surface area contributed by atoms with Crippen molar-refractivity contribution in [3.63, 3.8) is 0 Å². The third-order valence-corrected chi connectivity index (χ3v) is 2.71. The standard InChI is InChI=1S/C16H19NO3/c1-18-12-13-3-2-4-16(11-13)20-10-9-19-15-7-5-14(17)6-8-15/h2-8,11H,9-10,12,17H2,1H3. The molecule has 0 radical (unpaired) electrons. The third-order valence-electron chi connectivity index (χ3n) is 2.71. The van der Waals surface area contributed by atoms with Crippen LogP contribution in [0.4, 0.5) is 5.69 Å². The molecular formula is C16H19NO3. The normalized spacial score (nSPS) is 10.2. The van der Waals surface area contributed by atoms with Gasteiger partial charge in [-0.2, -0.15) is 0 Å². The lowest BCUT2D eigenvalue weighted by atomic mass is 10.2. The largest absolute Gasteiger partial charge is 0.490 e. The quantitative estimate of drug-likeness (QED) is 0.622. The van der Waals surface area contributed by atoms with Gasteiger partial charge in [-0.15, -0.1) is 0 Å². The number of nitrogens with two attached hydrogens (primary N) is 1. The highest BCUT2D eigenvalue weighted by Gasteiger charge is 1.98. The van der Waals surface area contributed by atoms with Crippen LogP contribution in [0.5, 0.6) is 11.5 Å². The van der Waals surface area contributed by atoms with Gasteiger partial charge in [0.2, 0.25) is 0 Å². The molecule has 20 heavy (non-hydrogen) atoms. The number of methoxy groups -OCH3 is 1. The smallest absolute Gasteiger partial charge is 0.122 e. The number of nitrogen functional groups attached to an aromatic ring is 1. The van der Waals surface area contributed by atoms with Crippen LogP contribution in [-0.4, -0.2) is 20.3 Å². The molecule has 2 aromatic rings. The van der Waals surface area contributed by atoms with Gasteiger partial charge in [0.15, 0.2) is 0 Å². The van der Waals surface area contributed by atoms with Crippen molar-refractivity contribution in [1.82, 2.24) is 0 Å². The van der Waals surface area contributed by atoms with Gasteiger partial charge in [-0.25, -0.2) is 0 Å². The number of hydrogen-bond donors (Lipinski definition) is 1. The number of ether oxygens (including phenoxy) is 3. The summed E-state index contributed by atoms with van der Waals surface area (Å²) in [7, 11) is 1.67. The zero-order chi connectivity index (χ0) is 14.2. The molecule has 0 aliphatic carbocycles.